The first kappa shape index (κ1) is 17.1. The third kappa shape index (κ3) is 4.44. The lowest BCUT2D eigenvalue weighted by Gasteiger charge is -2.33. The number of carbonyl (C=O) groups excluding carboxylic acids is 1. The van der Waals surface area contributed by atoms with Crippen LogP contribution in [0.3, 0.4) is 0 Å². The van der Waals surface area contributed by atoms with Crippen LogP contribution in [0.2, 0.25) is 5.02 Å². The van der Waals surface area contributed by atoms with Gasteiger partial charge >= 0.3 is 0 Å². The molecule has 2 heterocycles. The highest BCUT2D eigenvalue weighted by atomic mass is 35.5. The van der Waals surface area contributed by atoms with Gasteiger partial charge in [-0.3, -0.25) is 9.69 Å². The number of aromatic nitrogens is 1. The number of hydrogen-bond acceptors (Lipinski definition) is 4. The Hall–Kier alpha value is -1.69. The summed E-state index contributed by atoms with van der Waals surface area (Å²) in [4.78, 5) is 21.0. The molecule has 3 rings (SSSR count). The summed E-state index contributed by atoms with van der Waals surface area (Å²) in [5, 5.41) is 3.87. The van der Waals surface area contributed by atoms with Crippen molar-refractivity contribution in [1.82, 2.24) is 14.8 Å². The van der Waals surface area contributed by atoms with E-state index in [1.807, 2.05) is 36.1 Å². The van der Waals surface area contributed by atoms with Gasteiger partial charge in [0, 0.05) is 49.2 Å². The Balaban J connectivity index is 1.51. The molecule has 0 spiro atoms. The Bertz CT molecular complexity index is 735. The SMILES string of the molecule is Cc1nc(CN2CCN(C(=O)C=Cc3ccccc3Cl)CC2)cs1. The Labute approximate surface area is 151 Å². The van der Waals surface area contributed by atoms with Crippen LogP contribution >= 0.6 is 22.9 Å². The predicted molar refractivity (Wildman–Crippen MR) is 99.2 cm³/mol. The highest BCUT2D eigenvalue weighted by molar-refractivity contribution is 7.09. The summed E-state index contributed by atoms with van der Waals surface area (Å²) in [6.07, 6.45) is 3.40. The monoisotopic (exact) mass is 361 g/mol. The normalized spacial score (nSPS) is 16.0. The molecular weight excluding hydrogens is 342 g/mol. The Morgan fingerprint density at radius 1 is 1.29 bits per heavy atom. The smallest absolute Gasteiger partial charge is 0.246 e. The molecule has 0 atom stereocenters. The second-order valence-electron chi connectivity index (χ2n) is 5.81. The van der Waals surface area contributed by atoms with Gasteiger partial charge in [-0.1, -0.05) is 29.8 Å². The van der Waals surface area contributed by atoms with Crippen LogP contribution in [0, 0.1) is 6.92 Å². The van der Waals surface area contributed by atoms with E-state index in [4.69, 9.17) is 11.6 Å². The molecule has 1 aliphatic rings. The standard InChI is InChI=1S/C18H20ClN3OS/c1-14-20-16(13-24-14)12-21-8-10-22(11-9-21)18(23)7-6-15-4-2-3-5-17(15)19/h2-7,13H,8-12H2,1H3. The first-order valence-electron chi connectivity index (χ1n) is 7.97. The second-order valence-corrected chi connectivity index (χ2v) is 7.28. The maximum atomic E-state index is 12.3. The zero-order chi connectivity index (χ0) is 16.9. The quantitative estimate of drug-likeness (QED) is 0.782. The van der Waals surface area contributed by atoms with Gasteiger partial charge in [0.15, 0.2) is 0 Å². The highest BCUT2D eigenvalue weighted by Gasteiger charge is 2.20. The van der Waals surface area contributed by atoms with E-state index in [0.29, 0.717) is 5.02 Å². The van der Waals surface area contributed by atoms with Crippen LogP contribution < -0.4 is 0 Å². The van der Waals surface area contributed by atoms with Crippen molar-refractivity contribution >= 4 is 34.9 Å². The van der Waals surface area contributed by atoms with Crippen molar-refractivity contribution in [3.63, 3.8) is 0 Å². The fraction of sp³-hybridized carbons (Fsp3) is 0.333. The summed E-state index contributed by atoms with van der Waals surface area (Å²) < 4.78 is 0. The van der Waals surface area contributed by atoms with Crippen molar-refractivity contribution in [3.8, 4) is 0 Å². The van der Waals surface area contributed by atoms with E-state index in [0.717, 1.165) is 49.0 Å². The first-order valence-corrected chi connectivity index (χ1v) is 9.22. The molecule has 4 nitrogen and oxygen atoms in total. The molecule has 1 saturated heterocycles. The Kier molecular flexibility index (Phi) is 5.66. The molecule has 0 saturated carbocycles. The third-order valence-corrected chi connectivity index (χ3v) is 5.21. The molecule has 126 valence electrons. The van der Waals surface area contributed by atoms with E-state index in [-0.39, 0.29) is 5.91 Å². The maximum absolute atomic E-state index is 12.3. The van der Waals surface area contributed by atoms with Gasteiger partial charge in [-0.25, -0.2) is 4.98 Å². The molecule has 1 amide bonds. The molecule has 1 aromatic heterocycles. The van der Waals surface area contributed by atoms with Crippen molar-refractivity contribution in [2.24, 2.45) is 0 Å². The van der Waals surface area contributed by atoms with E-state index in [9.17, 15) is 4.79 Å². The van der Waals surface area contributed by atoms with E-state index in [2.05, 4.69) is 15.3 Å². The third-order valence-electron chi connectivity index (χ3n) is 4.05. The minimum absolute atomic E-state index is 0.0408. The minimum atomic E-state index is 0.0408. The fourth-order valence-corrected chi connectivity index (χ4v) is 3.52. The number of amides is 1. The average molecular weight is 362 g/mol. The molecule has 24 heavy (non-hydrogen) atoms. The summed E-state index contributed by atoms with van der Waals surface area (Å²) in [7, 11) is 0. The molecule has 0 bridgehead atoms. The number of nitrogens with zero attached hydrogens (tertiary/aromatic N) is 3. The topological polar surface area (TPSA) is 36.4 Å². The van der Waals surface area contributed by atoms with Crippen molar-refractivity contribution in [2.75, 3.05) is 26.2 Å². The molecule has 1 aliphatic heterocycles. The van der Waals surface area contributed by atoms with Gasteiger partial charge in [-0.2, -0.15) is 0 Å². The number of hydrogen-bond donors (Lipinski definition) is 0. The van der Waals surface area contributed by atoms with E-state index in [1.54, 1.807) is 23.5 Å². The first-order chi connectivity index (χ1) is 11.6. The van der Waals surface area contributed by atoms with E-state index >= 15 is 0 Å². The molecule has 2 aromatic rings. The van der Waals surface area contributed by atoms with Gasteiger partial charge in [0.1, 0.15) is 0 Å². The number of thiazole rings is 1. The number of aryl methyl sites for hydroxylation is 1. The van der Waals surface area contributed by atoms with Crippen LogP contribution in [0.25, 0.3) is 6.08 Å². The van der Waals surface area contributed by atoms with Crippen molar-refractivity contribution in [2.45, 2.75) is 13.5 Å². The summed E-state index contributed by atoms with van der Waals surface area (Å²) in [6.45, 7) is 6.13. The number of halogens is 1. The van der Waals surface area contributed by atoms with Crippen LogP contribution in [0.15, 0.2) is 35.7 Å². The molecule has 6 heteroatoms. The van der Waals surface area contributed by atoms with Gasteiger partial charge in [0.25, 0.3) is 0 Å². The van der Waals surface area contributed by atoms with Crippen molar-refractivity contribution in [1.29, 1.82) is 0 Å². The van der Waals surface area contributed by atoms with Gasteiger partial charge in [0.2, 0.25) is 5.91 Å². The van der Waals surface area contributed by atoms with E-state index < -0.39 is 0 Å². The zero-order valence-corrected chi connectivity index (χ0v) is 15.2. The zero-order valence-electron chi connectivity index (χ0n) is 13.6. The number of carbonyl (C=O) groups is 1. The lowest BCUT2D eigenvalue weighted by Crippen LogP contribution is -2.47. The molecule has 1 aromatic carbocycles. The van der Waals surface area contributed by atoms with Crippen LogP contribution in [0.1, 0.15) is 16.3 Å². The average Bonchev–Trinajstić information content (AvgIpc) is 2.99. The number of benzene rings is 1. The summed E-state index contributed by atoms with van der Waals surface area (Å²) in [5.74, 6) is 0.0408. The molecular formula is C18H20ClN3OS. The summed E-state index contributed by atoms with van der Waals surface area (Å²) in [6, 6.07) is 7.52. The Morgan fingerprint density at radius 2 is 2.04 bits per heavy atom. The predicted octanol–water partition coefficient (Wildman–Crippen LogP) is 3.46. The molecule has 0 unspecified atom stereocenters. The number of piperazine rings is 1. The summed E-state index contributed by atoms with van der Waals surface area (Å²) >= 11 is 7.79. The highest BCUT2D eigenvalue weighted by Crippen LogP contribution is 2.17. The lowest BCUT2D eigenvalue weighted by molar-refractivity contribution is -0.127. The lowest BCUT2D eigenvalue weighted by atomic mass is 10.2. The van der Waals surface area contributed by atoms with Crippen molar-refractivity contribution in [3.05, 3.63) is 57.0 Å². The van der Waals surface area contributed by atoms with Crippen LogP contribution in [0.5, 0.6) is 0 Å². The second kappa shape index (κ2) is 7.92. The molecule has 0 radical (unpaired) electrons. The van der Waals surface area contributed by atoms with Crippen LogP contribution in [0.4, 0.5) is 0 Å². The molecule has 1 fully saturated rings. The fourth-order valence-electron chi connectivity index (χ4n) is 2.71. The number of rotatable bonds is 4. The van der Waals surface area contributed by atoms with Crippen LogP contribution in [-0.4, -0.2) is 46.9 Å². The molecule has 0 N–H and O–H groups in total. The van der Waals surface area contributed by atoms with Crippen molar-refractivity contribution < 1.29 is 4.79 Å². The molecule has 0 aliphatic carbocycles. The van der Waals surface area contributed by atoms with E-state index in [1.165, 1.54) is 0 Å². The largest absolute Gasteiger partial charge is 0.337 e. The summed E-state index contributed by atoms with van der Waals surface area (Å²) in [5.41, 5.74) is 1.99. The van der Waals surface area contributed by atoms with Crippen LogP contribution in [-0.2, 0) is 11.3 Å². The minimum Gasteiger partial charge on any atom is -0.337 e. The van der Waals surface area contributed by atoms with Gasteiger partial charge in [-0.05, 0) is 24.6 Å². The van der Waals surface area contributed by atoms with Gasteiger partial charge < -0.3 is 4.90 Å². The van der Waals surface area contributed by atoms with Gasteiger partial charge in [0.05, 0.1) is 10.7 Å². The Morgan fingerprint density at radius 3 is 2.71 bits per heavy atom. The maximum Gasteiger partial charge on any atom is 0.246 e. The van der Waals surface area contributed by atoms with Gasteiger partial charge in [-0.15, -0.1) is 11.3 Å².